The first kappa shape index (κ1) is 16.1. The maximum absolute atomic E-state index is 12.4. The second kappa shape index (κ2) is 5.16. The van der Waals surface area contributed by atoms with Gasteiger partial charge in [-0.05, 0) is 30.2 Å². The van der Waals surface area contributed by atoms with E-state index in [4.69, 9.17) is 10.2 Å². The number of hydrogen-bond donors (Lipinski definition) is 2. The molecule has 0 radical (unpaired) electrons. The van der Waals surface area contributed by atoms with Gasteiger partial charge in [-0.1, -0.05) is 34.6 Å². The van der Waals surface area contributed by atoms with Crippen LogP contribution in [-0.2, 0) is 11.2 Å². The summed E-state index contributed by atoms with van der Waals surface area (Å²) in [6, 6.07) is 1.51. The van der Waals surface area contributed by atoms with Crippen molar-refractivity contribution in [3.05, 3.63) is 23.2 Å². The van der Waals surface area contributed by atoms with Gasteiger partial charge in [0.15, 0.2) is 0 Å². The third kappa shape index (κ3) is 3.49. The van der Waals surface area contributed by atoms with Gasteiger partial charge in [0.25, 0.3) is 0 Å². The van der Waals surface area contributed by atoms with E-state index in [9.17, 15) is 4.79 Å². The van der Waals surface area contributed by atoms with Gasteiger partial charge in [-0.2, -0.15) is 0 Å². The van der Waals surface area contributed by atoms with E-state index in [1.165, 1.54) is 0 Å². The molecule has 1 aromatic heterocycles. The van der Waals surface area contributed by atoms with Crippen LogP contribution in [0, 0.1) is 17.8 Å². The lowest BCUT2D eigenvalue weighted by atomic mass is 9.74. The minimum absolute atomic E-state index is 0.0119. The fraction of sp³-hybridized carbons (Fsp3) is 0.706. The number of carbonyl (C=O) groups is 1. The summed E-state index contributed by atoms with van der Waals surface area (Å²) in [5, 5.41) is 3.13. The summed E-state index contributed by atoms with van der Waals surface area (Å²) in [5.74, 6) is 1.81. The largest absolute Gasteiger partial charge is 0.466 e. The molecule has 3 N–H and O–H groups in total. The number of rotatable bonds is 2. The van der Waals surface area contributed by atoms with Crippen LogP contribution < -0.4 is 11.1 Å². The molecule has 1 amide bonds. The van der Waals surface area contributed by atoms with Crippen LogP contribution >= 0.6 is 0 Å². The Kier molecular flexibility index (Phi) is 3.96. The number of nitrogens with two attached hydrogens (primary N) is 1. The molecule has 1 aliphatic carbocycles. The molecule has 0 saturated carbocycles. The average Bonchev–Trinajstić information content (AvgIpc) is 2.65. The second-order valence-corrected chi connectivity index (χ2v) is 8.19. The topological polar surface area (TPSA) is 68.3 Å². The molecular weight excluding hydrogens is 264 g/mol. The standard InChI is InChI=1S/C17H28N2O2/c1-10-7-11-12(8-17(5,6)9-13(11)21-10)19-15(20)14(18)16(2,3)4/h7,12,14H,8-9,18H2,1-6H3,(H,19,20)/t12?,14-/m0/s1. The van der Waals surface area contributed by atoms with Gasteiger partial charge in [-0.25, -0.2) is 0 Å². The summed E-state index contributed by atoms with van der Waals surface area (Å²) in [4.78, 5) is 12.4. The van der Waals surface area contributed by atoms with Crippen LogP contribution in [0.2, 0.25) is 0 Å². The highest BCUT2D eigenvalue weighted by molar-refractivity contribution is 5.82. The van der Waals surface area contributed by atoms with Crippen molar-refractivity contribution in [2.45, 2.75) is 66.5 Å². The quantitative estimate of drug-likeness (QED) is 0.880. The Morgan fingerprint density at radius 1 is 1.48 bits per heavy atom. The SMILES string of the molecule is Cc1cc2c(o1)CC(C)(C)CC2NC(=O)[C@H](N)C(C)(C)C. The minimum atomic E-state index is -0.515. The van der Waals surface area contributed by atoms with Gasteiger partial charge in [0.1, 0.15) is 11.5 Å². The van der Waals surface area contributed by atoms with E-state index in [0.717, 1.165) is 29.9 Å². The number of aryl methyl sites for hydroxylation is 1. The fourth-order valence-corrected chi connectivity index (χ4v) is 2.97. The van der Waals surface area contributed by atoms with Crippen molar-refractivity contribution in [3.63, 3.8) is 0 Å². The number of nitrogens with one attached hydrogen (secondary N) is 1. The highest BCUT2D eigenvalue weighted by atomic mass is 16.3. The van der Waals surface area contributed by atoms with E-state index in [-0.39, 0.29) is 22.8 Å². The molecule has 1 aliphatic rings. The van der Waals surface area contributed by atoms with Crippen molar-refractivity contribution in [3.8, 4) is 0 Å². The van der Waals surface area contributed by atoms with Gasteiger partial charge in [-0.15, -0.1) is 0 Å². The van der Waals surface area contributed by atoms with Crippen LogP contribution in [0.25, 0.3) is 0 Å². The monoisotopic (exact) mass is 292 g/mol. The average molecular weight is 292 g/mol. The zero-order valence-electron chi connectivity index (χ0n) is 14.0. The van der Waals surface area contributed by atoms with Gasteiger partial charge in [0.05, 0.1) is 12.1 Å². The van der Waals surface area contributed by atoms with E-state index in [1.54, 1.807) is 0 Å². The Bertz CT molecular complexity index is 537. The highest BCUT2D eigenvalue weighted by Crippen LogP contribution is 2.42. The number of hydrogen-bond acceptors (Lipinski definition) is 3. The summed E-state index contributed by atoms with van der Waals surface area (Å²) < 4.78 is 5.80. The Labute approximate surface area is 127 Å². The summed E-state index contributed by atoms with van der Waals surface area (Å²) in [7, 11) is 0. The molecule has 0 fully saturated rings. The van der Waals surface area contributed by atoms with Gasteiger partial charge < -0.3 is 15.5 Å². The lowest BCUT2D eigenvalue weighted by Crippen LogP contribution is -2.50. The lowest BCUT2D eigenvalue weighted by Gasteiger charge is -2.36. The molecule has 0 spiro atoms. The molecule has 21 heavy (non-hydrogen) atoms. The molecule has 1 heterocycles. The molecule has 0 saturated heterocycles. The van der Waals surface area contributed by atoms with Crippen molar-refractivity contribution >= 4 is 5.91 Å². The summed E-state index contributed by atoms with van der Waals surface area (Å²) in [5.41, 5.74) is 7.05. The summed E-state index contributed by atoms with van der Waals surface area (Å²) in [6.45, 7) is 12.3. The first-order chi connectivity index (χ1) is 9.49. The minimum Gasteiger partial charge on any atom is -0.466 e. The first-order valence-electron chi connectivity index (χ1n) is 7.65. The molecule has 2 rings (SSSR count). The van der Waals surface area contributed by atoms with Gasteiger partial charge in [0, 0.05) is 12.0 Å². The maximum Gasteiger partial charge on any atom is 0.237 e. The molecule has 0 bridgehead atoms. The van der Waals surface area contributed by atoms with Gasteiger partial charge >= 0.3 is 0 Å². The number of carbonyl (C=O) groups excluding carboxylic acids is 1. The molecule has 0 aliphatic heterocycles. The molecule has 4 heteroatoms. The zero-order chi connectivity index (χ0) is 16.0. The van der Waals surface area contributed by atoms with Gasteiger partial charge in [-0.3, -0.25) is 4.79 Å². The molecule has 2 atom stereocenters. The molecule has 1 aromatic rings. The smallest absolute Gasteiger partial charge is 0.237 e. The predicted molar refractivity (Wildman–Crippen MR) is 83.9 cm³/mol. The van der Waals surface area contributed by atoms with E-state index in [2.05, 4.69) is 19.2 Å². The van der Waals surface area contributed by atoms with Crippen LogP contribution in [0.1, 0.15) is 64.2 Å². The van der Waals surface area contributed by atoms with E-state index >= 15 is 0 Å². The summed E-state index contributed by atoms with van der Waals surface area (Å²) in [6.07, 6.45) is 1.81. The Morgan fingerprint density at radius 2 is 2.10 bits per heavy atom. The van der Waals surface area contributed by atoms with Crippen molar-refractivity contribution in [1.29, 1.82) is 0 Å². The van der Waals surface area contributed by atoms with Crippen LogP contribution in [-0.4, -0.2) is 11.9 Å². The zero-order valence-corrected chi connectivity index (χ0v) is 14.0. The first-order valence-corrected chi connectivity index (χ1v) is 7.65. The van der Waals surface area contributed by atoms with Crippen molar-refractivity contribution in [1.82, 2.24) is 5.32 Å². The second-order valence-electron chi connectivity index (χ2n) is 8.19. The Balaban J connectivity index is 2.22. The van der Waals surface area contributed by atoms with Crippen molar-refractivity contribution in [2.24, 2.45) is 16.6 Å². The number of fused-ring (bicyclic) bond motifs is 1. The lowest BCUT2D eigenvalue weighted by molar-refractivity contribution is -0.125. The number of amides is 1. The van der Waals surface area contributed by atoms with Crippen molar-refractivity contribution in [2.75, 3.05) is 0 Å². The molecule has 118 valence electrons. The van der Waals surface area contributed by atoms with Crippen LogP contribution in [0.15, 0.2) is 10.5 Å². The third-order valence-corrected chi connectivity index (χ3v) is 4.27. The molecule has 1 unspecified atom stereocenters. The highest BCUT2D eigenvalue weighted by Gasteiger charge is 2.37. The van der Waals surface area contributed by atoms with Crippen LogP contribution in [0.5, 0.6) is 0 Å². The molecular formula is C17H28N2O2. The molecule has 4 nitrogen and oxygen atoms in total. The van der Waals surface area contributed by atoms with Crippen LogP contribution in [0.4, 0.5) is 0 Å². The van der Waals surface area contributed by atoms with E-state index in [1.807, 2.05) is 33.8 Å². The van der Waals surface area contributed by atoms with Crippen molar-refractivity contribution < 1.29 is 9.21 Å². The summed E-state index contributed by atoms with van der Waals surface area (Å²) >= 11 is 0. The fourth-order valence-electron chi connectivity index (χ4n) is 2.97. The van der Waals surface area contributed by atoms with Crippen LogP contribution in [0.3, 0.4) is 0 Å². The Morgan fingerprint density at radius 3 is 2.67 bits per heavy atom. The normalized spacial score (nSPS) is 22.5. The van der Waals surface area contributed by atoms with E-state index < -0.39 is 6.04 Å². The number of furan rings is 1. The predicted octanol–water partition coefficient (Wildman–Crippen LogP) is 3.09. The van der Waals surface area contributed by atoms with E-state index in [0.29, 0.717) is 0 Å². The molecule has 0 aromatic carbocycles. The third-order valence-electron chi connectivity index (χ3n) is 4.27. The Hall–Kier alpha value is -1.29. The van der Waals surface area contributed by atoms with Gasteiger partial charge in [0.2, 0.25) is 5.91 Å². The maximum atomic E-state index is 12.4.